The van der Waals surface area contributed by atoms with Crippen LogP contribution >= 0.6 is 0 Å². The fourth-order valence-electron chi connectivity index (χ4n) is 2.29. The summed E-state index contributed by atoms with van der Waals surface area (Å²) >= 11 is 0. The maximum atomic E-state index is 12.2. The second kappa shape index (κ2) is 7.21. The van der Waals surface area contributed by atoms with Gasteiger partial charge in [0.15, 0.2) is 5.82 Å². The van der Waals surface area contributed by atoms with Gasteiger partial charge < -0.3 is 14.7 Å². The molecule has 1 saturated carbocycles. The zero-order valence-corrected chi connectivity index (χ0v) is 13.2. The van der Waals surface area contributed by atoms with E-state index in [1.807, 2.05) is 19.1 Å². The molecular weight excluding hydrogens is 294 g/mol. The summed E-state index contributed by atoms with van der Waals surface area (Å²) in [6.07, 6.45) is 6.32. The molecule has 0 aromatic carbocycles. The van der Waals surface area contributed by atoms with Gasteiger partial charge in [-0.25, -0.2) is 4.79 Å². The van der Waals surface area contributed by atoms with E-state index in [1.54, 1.807) is 17.3 Å². The maximum Gasteiger partial charge on any atom is 0.317 e. The average molecular weight is 315 g/mol. The first-order valence-corrected chi connectivity index (χ1v) is 8.00. The second-order valence-electron chi connectivity index (χ2n) is 5.67. The Kier molecular flexibility index (Phi) is 4.85. The highest BCUT2D eigenvalue weighted by Gasteiger charge is 2.29. The highest BCUT2D eigenvalue weighted by molar-refractivity contribution is 5.74. The Bertz CT molecular complexity index is 639. The summed E-state index contributed by atoms with van der Waals surface area (Å²) in [4.78, 5) is 22.3. The van der Waals surface area contributed by atoms with Crippen molar-refractivity contribution >= 4 is 6.03 Å². The molecule has 0 spiro atoms. The second-order valence-corrected chi connectivity index (χ2v) is 5.67. The number of amides is 2. The molecule has 0 atom stereocenters. The Labute approximate surface area is 135 Å². The van der Waals surface area contributed by atoms with Gasteiger partial charge in [-0.3, -0.25) is 4.98 Å². The SMILES string of the molecule is CCN(Cc1ccncc1)C(=O)NCCc1noc(C2CC2)n1. The highest BCUT2D eigenvalue weighted by Crippen LogP contribution is 2.38. The molecule has 1 aliphatic carbocycles. The minimum atomic E-state index is -0.0878. The summed E-state index contributed by atoms with van der Waals surface area (Å²) in [5, 5.41) is 6.86. The first-order valence-electron chi connectivity index (χ1n) is 8.00. The quantitative estimate of drug-likeness (QED) is 0.846. The van der Waals surface area contributed by atoms with Gasteiger partial charge in [-0.05, 0) is 37.5 Å². The summed E-state index contributed by atoms with van der Waals surface area (Å²) in [6.45, 7) is 3.66. The van der Waals surface area contributed by atoms with Crippen molar-refractivity contribution in [3.63, 3.8) is 0 Å². The third-order valence-electron chi connectivity index (χ3n) is 3.83. The lowest BCUT2D eigenvalue weighted by atomic mass is 10.2. The smallest absolute Gasteiger partial charge is 0.317 e. The van der Waals surface area contributed by atoms with Crippen LogP contribution in [-0.4, -0.2) is 39.1 Å². The van der Waals surface area contributed by atoms with Crippen molar-refractivity contribution in [1.82, 2.24) is 25.3 Å². The molecule has 3 rings (SSSR count). The van der Waals surface area contributed by atoms with Crippen molar-refractivity contribution < 1.29 is 9.32 Å². The molecule has 0 unspecified atom stereocenters. The standard InChI is InChI=1S/C16H21N5O2/c1-2-21(11-12-5-8-17-9-6-12)16(22)18-10-7-14-19-15(23-20-14)13-3-4-13/h5-6,8-9,13H,2-4,7,10-11H2,1H3,(H,18,22). The third kappa shape index (κ3) is 4.28. The Morgan fingerprint density at radius 2 is 2.17 bits per heavy atom. The van der Waals surface area contributed by atoms with E-state index in [0.29, 0.717) is 37.8 Å². The van der Waals surface area contributed by atoms with Gasteiger partial charge in [0.05, 0.1) is 0 Å². The van der Waals surface area contributed by atoms with Gasteiger partial charge in [-0.15, -0.1) is 0 Å². The summed E-state index contributed by atoms with van der Waals surface area (Å²) in [5.41, 5.74) is 1.06. The fourth-order valence-corrected chi connectivity index (χ4v) is 2.29. The lowest BCUT2D eigenvalue weighted by molar-refractivity contribution is 0.198. The average Bonchev–Trinajstić information content (AvgIpc) is 3.33. The van der Waals surface area contributed by atoms with Gasteiger partial charge in [0, 0.05) is 44.4 Å². The van der Waals surface area contributed by atoms with Crippen LogP contribution in [0.15, 0.2) is 29.0 Å². The molecule has 7 nitrogen and oxygen atoms in total. The number of urea groups is 1. The van der Waals surface area contributed by atoms with E-state index in [4.69, 9.17) is 4.52 Å². The van der Waals surface area contributed by atoms with Crippen molar-refractivity contribution in [2.24, 2.45) is 0 Å². The van der Waals surface area contributed by atoms with Crippen LogP contribution in [0.5, 0.6) is 0 Å². The van der Waals surface area contributed by atoms with Crippen LogP contribution in [-0.2, 0) is 13.0 Å². The first kappa shape index (κ1) is 15.5. The van der Waals surface area contributed by atoms with E-state index in [1.165, 1.54) is 0 Å². The molecule has 23 heavy (non-hydrogen) atoms. The maximum absolute atomic E-state index is 12.2. The minimum Gasteiger partial charge on any atom is -0.339 e. The van der Waals surface area contributed by atoms with Crippen LogP contribution in [0.4, 0.5) is 4.79 Å². The monoisotopic (exact) mass is 315 g/mol. The van der Waals surface area contributed by atoms with E-state index in [9.17, 15) is 4.79 Å². The van der Waals surface area contributed by atoms with Crippen molar-refractivity contribution in [2.45, 2.75) is 38.6 Å². The van der Waals surface area contributed by atoms with E-state index in [-0.39, 0.29) is 6.03 Å². The number of hydrogen-bond donors (Lipinski definition) is 1. The van der Waals surface area contributed by atoms with Gasteiger partial charge in [0.25, 0.3) is 0 Å². The van der Waals surface area contributed by atoms with E-state index in [2.05, 4.69) is 20.4 Å². The van der Waals surface area contributed by atoms with Crippen molar-refractivity contribution in [3.8, 4) is 0 Å². The van der Waals surface area contributed by atoms with Gasteiger partial charge >= 0.3 is 6.03 Å². The number of aromatic nitrogens is 3. The Balaban J connectivity index is 1.45. The molecule has 2 aromatic rings. The zero-order valence-electron chi connectivity index (χ0n) is 13.2. The topological polar surface area (TPSA) is 84.2 Å². The Hall–Kier alpha value is -2.44. The molecular formula is C16H21N5O2. The first-order chi connectivity index (χ1) is 11.3. The molecule has 0 saturated heterocycles. The molecule has 122 valence electrons. The van der Waals surface area contributed by atoms with Crippen LogP contribution in [0.1, 0.15) is 43.0 Å². The lowest BCUT2D eigenvalue weighted by Crippen LogP contribution is -2.40. The Morgan fingerprint density at radius 3 is 2.87 bits per heavy atom. The van der Waals surface area contributed by atoms with Gasteiger partial charge in [0.2, 0.25) is 5.89 Å². The van der Waals surface area contributed by atoms with E-state index >= 15 is 0 Å². The van der Waals surface area contributed by atoms with Crippen LogP contribution in [0, 0.1) is 0 Å². The van der Waals surface area contributed by atoms with E-state index in [0.717, 1.165) is 24.3 Å². The van der Waals surface area contributed by atoms with Gasteiger partial charge in [-0.1, -0.05) is 5.16 Å². The number of rotatable bonds is 7. The number of pyridine rings is 1. The molecule has 7 heteroatoms. The molecule has 2 aromatic heterocycles. The fraction of sp³-hybridized carbons (Fsp3) is 0.500. The van der Waals surface area contributed by atoms with E-state index < -0.39 is 0 Å². The third-order valence-corrected chi connectivity index (χ3v) is 3.83. The number of carbonyl (C=O) groups excluding carboxylic acids is 1. The summed E-state index contributed by atoms with van der Waals surface area (Å²) < 4.78 is 5.20. The van der Waals surface area contributed by atoms with Crippen LogP contribution in [0.25, 0.3) is 0 Å². The molecule has 2 heterocycles. The largest absolute Gasteiger partial charge is 0.339 e. The van der Waals surface area contributed by atoms with Crippen LogP contribution in [0.3, 0.4) is 0 Å². The molecule has 1 fully saturated rings. The van der Waals surface area contributed by atoms with Crippen LogP contribution in [0.2, 0.25) is 0 Å². The highest BCUT2D eigenvalue weighted by atomic mass is 16.5. The predicted molar refractivity (Wildman–Crippen MR) is 83.7 cm³/mol. The molecule has 0 aliphatic heterocycles. The number of hydrogen-bond acceptors (Lipinski definition) is 5. The van der Waals surface area contributed by atoms with Crippen molar-refractivity contribution in [2.75, 3.05) is 13.1 Å². The van der Waals surface area contributed by atoms with Gasteiger partial charge in [-0.2, -0.15) is 4.98 Å². The molecule has 0 bridgehead atoms. The molecule has 0 radical (unpaired) electrons. The van der Waals surface area contributed by atoms with Crippen molar-refractivity contribution in [3.05, 3.63) is 41.8 Å². The zero-order chi connectivity index (χ0) is 16.1. The molecule has 1 N–H and O–H groups in total. The van der Waals surface area contributed by atoms with Gasteiger partial charge in [0.1, 0.15) is 0 Å². The number of nitrogens with one attached hydrogen (secondary N) is 1. The Morgan fingerprint density at radius 1 is 1.39 bits per heavy atom. The van der Waals surface area contributed by atoms with Crippen LogP contribution < -0.4 is 5.32 Å². The summed E-state index contributed by atoms with van der Waals surface area (Å²) in [6, 6.07) is 3.73. The molecule has 2 amide bonds. The lowest BCUT2D eigenvalue weighted by Gasteiger charge is -2.21. The number of nitrogens with zero attached hydrogens (tertiary/aromatic N) is 4. The number of carbonyl (C=O) groups is 1. The summed E-state index contributed by atoms with van der Waals surface area (Å²) in [5.74, 6) is 1.85. The minimum absolute atomic E-state index is 0.0878. The summed E-state index contributed by atoms with van der Waals surface area (Å²) in [7, 11) is 0. The molecule has 1 aliphatic rings. The predicted octanol–water partition coefficient (Wildman–Crippen LogP) is 2.12. The normalized spacial score (nSPS) is 13.8. The van der Waals surface area contributed by atoms with Crippen molar-refractivity contribution in [1.29, 1.82) is 0 Å².